The maximum absolute atomic E-state index is 14.1. The number of benzene rings is 3. The van der Waals surface area contributed by atoms with Crippen LogP contribution in [0.2, 0.25) is 0 Å². The van der Waals surface area contributed by atoms with E-state index in [2.05, 4.69) is 10.4 Å². The molecule has 4 rings (SSSR count). The lowest BCUT2D eigenvalue weighted by molar-refractivity contribution is -0.137. The number of amides is 1. The molecule has 3 aromatic carbocycles. The molecule has 0 aliphatic heterocycles. The molecule has 0 aliphatic carbocycles. The maximum atomic E-state index is 14.1. The predicted octanol–water partition coefficient (Wildman–Crippen LogP) is 4.47. The van der Waals surface area contributed by atoms with Crippen molar-refractivity contribution in [1.29, 1.82) is 0 Å². The van der Waals surface area contributed by atoms with Crippen LogP contribution in [0.25, 0.3) is 16.8 Å². The number of halogens is 2. The average molecular weight is 463 g/mol. The smallest absolute Gasteiger partial charge is 0.305 e. The molecule has 1 aromatic heterocycles. The van der Waals surface area contributed by atoms with E-state index in [-0.39, 0.29) is 17.2 Å². The lowest BCUT2D eigenvalue weighted by Crippen LogP contribution is -2.30. The van der Waals surface area contributed by atoms with Gasteiger partial charge in [-0.05, 0) is 41.0 Å². The molecule has 172 valence electrons. The van der Waals surface area contributed by atoms with Gasteiger partial charge in [-0.2, -0.15) is 9.78 Å². The highest BCUT2D eigenvalue weighted by Gasteiger charge is 2.22. The van der Waals surface area contributed by atoms with Crippen LogP contribution in [-0.4, -0.2) is 31.9 Å². The molecule has 0 aliphatic rings. The summed E-state index contributed by atoms with van der Waals surface area (Å²) in [7, 11) is 0. The molecule has 0 saturated carbocycles. The summed E-state index contributed by atoms with van der Waals surface area (Å²) in [4.78, 5) is 24.2. The molecule has 0 radical (unpaired) electrons. The van der Waals surface area contributed by atoms with E-state index in [0.29, 0.717) is 5.56 Å². The van der Waals surface area contributed by atoms with E-state index in [0.717, 1.165) is 21.9 Å². The Morgan fingerprint density at radius 2 is 1.56 bits per heavy atom. The van der Waals surface area contributed by atoms with Gasteiger partial charge in [-0.15, -0.1) is 0 Å². The van der Waals surface area contributed by atoms with Crippen molar-refractivity contribution in [3.05, 3.63) is 102 Å². The number of hydrogen-bond donors (Lipinski definition) is 3. The van der Waals surface area contributed by atoms with Crippen LogP contribution in [-0.2, 0) is 4.79 Å². The Morgan fingerprint density at radius 1 is 0.941 bits per heavy atom. The van der Waals surface area contributed by atoms with E-state index in [9.17, 15) is 28.6 Å². The van der Waals surface area contributed by atoms with Crippen LogP contribution in [0.1, 0.15) is 28.5 Å². The number of carbonyl (C=O) groups excluding carboxylic acids is 1. The zero-order valence-corrected chi connectivity index (χ0v) is 17.7. The molecule has 9 heteroatoms. The summed E-state index contributed by atoms with van der Waals surface area (Å²) in [5, 5.41) is 26.0. The van der Waals surface area contributed by atoms with Crippen molar-refractivity contribution in [2.24, 2.45) is 0 Å². The molecule has 1 atom stereocenters. The highest BCUT2D eigenvalue weighted by atomic mass is 19.1. The van der Waals surface area contributed by atoms with Crippen molar-refractivity contribution in [2.45, 2.75) is 12.5 Å². The van der Waals surface area contributed by atoms with Crippen molar-refractivity contribution in [3.63, 3.8) is 0 Å². The van der Waals surface area contributed by atoms with Crippen molar-refractivity contribution >= 4 is 11.9 Å². The molecule has 0 spiro atoms. The van der Waals surface area contributed by atoms with Crippen LogP contribution in [0, 0.1) is 11.6 Å². The molecule has 34 heavy (non-hydrogen) atoms. The van der Waals surface area contributed by atoms with E-state index in [4.69, 9.17) is 0 Å². The fourth-order valence-electron chi connectivity index (χ4n) is 3.49. The first-order chi connectivity index (χ1) is 16.3. The summed E-state index contributed by atoms with van der Waals surface area (Å²) in [6.07, 6.45) is -0.401. The number of aliphatic carboxylic acids is 1. The number of carboxylic acid groups (broad SMARTS) is 1. The number of rotatable bonds is 7. The van der Waals surface area contributed by atoms with Crippen molar-refractivity contribution in [2.75, 3.05) is 0 Å². The van der Waals surface area contributed by atoms with Crippen LogP contribution in [0.15, 0.2) is 78.9 Å². The van der Waals surface area contributed by atoms with Gasteiger partial charge >= 0.3 is 5.97 Å². The Bertz CT molecular complexity index is 1340. The van der Waals surface area contributed by atoms with Gasteiger partial charge in [0.25, 0.3) is 5.91 Å². The third kappa shape index (κ3) is 4.93. The fourth-order valence-corrected chi connectivity index (χ4v) is 3.49. The van der Waals surface area contributed by atoms with Crippen molar-refractivity contribution < 1.29 is 28.6 Å². The molecule has 7 nitrogen and oxygen atoms in total. The average Bonchev–Trinajstić information content (AvgIpc) is 3.21. The SMILES string of the molecule is O=C(O)CC(NC(=O)c1cc(O)n(-c2ccccc2F)n1)c1ccc(-c2ccc(F)cc2)cc1. The van der Waals surface area contributed by atoms with Gasteiger partial charge in [-0.25, -0.2) is 8.78 Å². The molecular formula is C25H19F2N3O4. The third-order valence-electron chi connectivity index (χ3n) is 5.18. The Balaban J connectivity index is 1.56. The van der Waals surface area contributed by atoms with Crippen molar-refractivity contribution in [1.82, 2.24) is 15.1 Å². The van der Waals surface area contributed by atoms with Crippen LogP contribution in [0.4, 0.5) is 8.78 Å². The zero-order valence-electron chi connectivity index (χ0n) is 17.7. The molecule has 0 bridgehead atoms. The Morgan fingerprint density at radius 3 is 2.18 bits per heavy atom. The summed E-state index contributed by atoms with van der Waals surface area (Å²) in [6.45, 7) is 0. The predicted molar refractivity (Wildman–Crippen MR) is 119 cm³/mol. The summed E-state index contributed by atoms with van der Waals surface area (Å²) >= 11 is 0. The third-order valence-corrected chi connectivity index (χ3v) is 5.18. The molecule has 4 aromatic rings. The first kappa shape index (κ1) is 22.7. The zero-order chi connectivity index (χ0) is 24.2. The van der Waals surface area contributed by atoms with Crippen LogP contribution in [0.3, 0.4) is 0 Å². The van der Waals surface area contributed by atoms with Crippen LogP contribution < -0.4 is 5.32 Å². The minimum Gasteiger partial charge on any atom is -0.493 e. The highest BCUT2D eigenvalue weighted by Crippen LogP contribution is 2.25. The highest BCUT2D eigenvalue weighted by molar-refractivity contribution is 5.93. The van der Waals surface area contributed by atoms with Gasteiger partial charge in [0.15, 0.2) is 5.69 Å². The van der Waals surface area contributed by atoms with Gasteiger partial charge in [0.2, 0.25) is 5.88 Å². The standard InChI is InChI=1S/C25H19F2N3O4/c26-18-11-9-16(10-12-18)15-5-7-17(8-6-15)20(14-24(32)33)28-25(34)21-13-23(31)30(29-21)22-4-2-1-3-19(22)27/h1-13,20,31H,14H2,(H,28,34)(H,32,33). The van der Waals surface area contributed by atoms with Gasteiger partial charge < -0.3 is 15.5 Å². The largest absolute Gasteiger partial charge is 0.493 e. The molecule has 0 fully saturated rings. The van der Waals surface area contributed by atoms with Crippen molar-refractivity contribution in [3.8, 4) is 22.7 Å². The topological polar surface area (TPSA) is 104 Å². The first-order valence-electron chi connectivity index (χ1n) is 10.2. The fraction of sp³-hybridized carbons (Fsp3) is 0.0800. The van der Waals surface area contributed by atoms with Gasteiger partial charge in [0.05, 0.1) is 12.5 Å². The second-order valence-corrected chi connectivity index (χ2v) is 7.50. The number of aromatic nitrogens is 2. The number of para-hydroxylation sites is 1. The van der Waals surface area contributed by atoms with E-state index >= 15 is 0 Å². The molecule has 1 unspecified atom stereocenters. The van der Waals surface area contributed by atoms with E-state index in [1.165, 1.54) is 30.3 Å². The lowest BCUT2D eigenvalue weighted by atomic mass is 9.99. The Kier molecular flexibility index (Phi) is 6.35. The molecule has 1 heterocycles. The van der Waals surface area contributed by atoms with Crippen LogP contribution in [0.5, 0.6) is 5.88 Å². The Hall–Kier alpha value is -4.53. The summed E-state index contributed by atoms with van der Waals surface area (Å²) in [5.41, 5.74) is 1.84. The Labute approximate surface area is 192 Å². The number of hydrogen-bond acceptors (Lipinski definition) is 4. The minimum absolute atomic E-state index is 0.0440. The minimum atomic E-state index is -1.13. The summed E-state index contributed by atoms with van der Waals surface area (Å²) in [6, 6.07) is 18.5. The second-order valence-electron chi connectivity index (χ2n) is 7.50. The number of aromatic hydroxyl groups is 1. The van der Waals surface area contributed by atoms with Gasteiger partial charge in [-0.3, -0.25) is 9.59 Å². The van der Waals surface area contributed by atoms with Gasteiger partial charge in [-0.1, -0.05) is 48.5 Å². The molecule has 3 N–H and O–H groups in total. The first-order valence-corrected chi connectivity index (χ1v) is 10.2. The van der Waals surface area contributed by atoms with E-state index < -0.39 is 36.0 Å². The van der Waals surface area contributed by atoms with Gasteiger partial charge in [0.1, 0.15) is 17.3 Å². The van der Waals surface area contributed by atoms with E-state index in [1.54, 1.807) is 42.5 Å². The second kappa shape index (κ2) is 9.53. The molecular weight excluding hydrogens is 444 g/mol. The normalized spacial score (nSPS) is 11.7. The van der Waals surface area contributed by atoms with E-state index in [1.807, 2.05) is 0 Å². The number of nitrogens with one attached hydrogen (secondary N) is 1. The van der Waals surface area contributed by atoms with Gasteiger partial charge in [0, 0.05) is 6.07 Å². The lowest BCUT2D eigenvalue weighted by Gasteiger charge is -2.17. The number of carbonyl (C=O) groups is 2. The summed E-state index contributed by atoms with van der Waals surface area (Å²) in [5.74, 6) is -3.31. The maximum Gasteiger partial charge on any atom is 0.305 e. The molecule has 0 saturated heterocycles. The van der Waals surface area contributed by atoms with Crippen LogP contribution >= 0.6 is 0 Å². The quantitative estimate of drug-likeness (QED) is 0.375. The monoisotopic (exact) mass is 463 g/mol. The number of nitrogens with zero attached hydrogens (tertiary/aromatic N) is 2. The molecule has 1 amide bonds. The summed E-state index contributed by atoms with van der Waals surface area (Å²) < 4.78 is 28.1. The number of carboxylic acids is 1.